The van der Waals surface area contributed by atoms with Gasteiger partial charge in [-0.15, -0.1) is 0 Å². The van der Waals surface area contributed by atoms with Crippen molar-refractivity contribution in [3.05, 3.63) is 22.3 Å². The van der Waals surface area contributed by atoms with Gasteiger partial charge in [-0.2, -0.15) is 0 Å². The summed E-state index contributed by atoms with van der Waals surface area (Å²) in [5.74, 6) is 1.98. The summed E-state index contributed by atoms with van der Waals surface area (Å²) in [6.45, 7) is 6.24. The maximum Gasteiger partial charge on any atom is 0.125 e. The van der Waals surface area contributed by atoms with Gasteiger partial charge < -0.3 is 9.47 Å². The maximum absolute atomic E-state index is 5.51. The summed E-state index contributed by atoms with van der Waals surface area (Å²) in [5, 5.41) is 0.926. The predicted molar refractivity (Wildman–Crippen MR) is 71.3 cm³/mol. The molecule has 0 saturated heterocycles. The van der Waals surface area contributed by atoms with Crippen molar-refractivity contribution in [3.63, 3.8) is 0 Å². The fourth-order valence-electron chi connectivity index (χ4n) is 2.13. The highest BCUT2D eigenvalue weighted by molar-refractivity contribution is 9.09. The van der Waals surface area contributed by atoms with E-state index in [1.54, 1.807) is 14.2 Å². The van der Waals surface area contributed by atoms with Crippen LogP contribution in [0, 0.1) is 20.8 Å². The Morgan fingerprint density at radius 2 is 1.38 bits per heavy atom. The second-order valence-electron chi connectivity index (χ2n) is 3.86. The third-order valence-electron chi connectivity index (χ3n) is 3.06. The molecular weight excluding hydrogens is 268 g/mol. The molecule has 0 N–H and O–H groups in total. The smallest absolute Gasteiger partial charge is 0.125 e. The van der Waals surface area contributed by atoms with Gasteiger partial charge in [-0.3, -0.25) is 0 Å². The van der Waals surface area contributed by atoms with E-state index in [2.05, 4.69) is 36.7 Å². The largest absolute Gasteiger partial charge is 0.496 e. The number of benzene rings is 1. The van der Waals surface area contributed by atoms with Crippen molar-refractivity contribution in [2.75, 3.05) is 19.5 Å². The summed E-state index contributed by atoms with van der Waals surface area (Å²) in [6, 6.07) is 0. The van der Waals surface area contributed by atoms with Crippen LogP contribution in [0.15, 0.2) is 0 Å². The summed E-state index contributed by atoms with van der Waals surface area (Å²) >= 11 is 3.48. The molecule has 0 spiro atoms. The van der Waals surface area contributed by atoms with E-state index in [9.17, 15) is 0 Å². The van der Waals surface area contributed by atoms with Crippen LogP contribution in [-0.4, -0.2) is 19.5 Å². The quantitative estimate of drug-likeness (QED) is 0.788. The summed E-state index contributed by atoms with van der Waals surface area (Å²) < 4.78 is 11.0. The van der Waals surface area contributed by atoms with Gasteiger partial charge in [-0.05, 0) is 43.9 Å². The molecule has 0 aromatic heterocycles. The van der Waals surface area contributed by atoms with Gasteiger partial charge in [0.05, 0.1) is 14.2 Å². The zero-order valence-corrected chi connectivity index (χ0v) is 12.2. The summed E-state index contributed by atoms with van der Waals surface area (Å²) in [5.41, 5.74) is 4.75. The minimum Gasteiger partial charge on any atom is -0.496 e. The van der Waals surface area contributed by atoms with E-state index < -0.39 is 0 Å². The average Bonchev–Trinajstić information content (AvgIpc) is 2.27. The lowest BCUT2D eigenvalue weighted by Crippen LogP contribution is -2.04. The van der Waals surface area contributed by atoms with E-state index in [1.165, 1.54) is 16.7 Å². The fraction of sp³-hybridized carbons (Fsp3) is 0.538. The molecule has 1 aromatic rings. The van der Waals surface area contributed by atoms with E-state index in [0.717, 1.165) is 28.8 Å². The lowest BCUT2D eigenvalue weighted by molar-refractivity contribution is 0.391. The van der Waals surface area contributed by atoms with Crippen LogP contribution in [0.5, 0.6) is 11.5 Å². The van der Waals surface area contributed by atoms with Crippen molar-refractivity contribution < 1.29 is 9.47 Å². The Kier molecular flexibility index (Phi) is 4.66. The fourth-order valence-corrected chi connectivity index (χ4v) is 2.53. The first kappa shape index (κ1) is 13.4. The van der Waals surface area contributed by atoms with Crippen molar-refractivity contribution in [2.24, 2.45) is 0 Å². The first-order valence-electron chi connectivity index (χ1n) is 5.35. The number of hydrogen-bond donors (Lipinski definition) is 0. The summed E-state index contributed by atoms with van der Waals surface area (Å²) in [4.78, 5) is 0. The highest BCUT2D eigenvalue weighted by atomic mass is 79.9. The molecule has 0 aliphatic heterocycles. The lowest BCUT2D eigenvalue weighted by atomic mass is 9.96. The van der Waals surface area contributed by atoms with Crippen molar-refractivity contribution in [3.8, 4) is 11.5 Å². The predicted octanol–water partition coefficient (Wildman–Crippen LogP) is 3.57. The van der Waals surface area contributed by atoms with Gasteiger partial charge in [-0.1, -0.05) is 15.9 Å². The van der Waals surface area contributed by atoms with Crippen LogP contribution < -0.4 is 9.47 Å². The zero-order chi connectivity index (χ0) is 12.3. The number of rotatable bonds is 4. The lowest BCUT2D eigenvalue weighted by Gasteiger charge is -2.20. The van der Waals surface area contributed by atoms with E-state index in [-0.39, 0.29) is 0 Å². The second-order valence-corrected chi connectivity index (χ2v) is 4.65. The van der Waals surface area contributed by atoms with Gasteiger partial charge in [0.25, 0.3) is 0 Å². The standard InChI is InChI=1S/C13H19BrO2/c1-8-9(2)13(16-5)11(6-7-14)10(3)12(8)15-4/h6-7H2,1-5H3. The topological polar surface area (TPSA) is 18.5 Å². The van der Waals surface area contributed by atoms with E-state index >= 15 is 0 Å². The zero-order valence-electron chi connectivity index (χ0n) is 10.6. The molecule has 0 amide bonds. The number of methoxy groups -OCH3 is 2. The van der Waals surface area contributed by atoms with Crippen LogP contribution in [0.4, 0.5) is 0 Å². The van der Waals surface area contributed by atoms with Gasteiger partial charge in [0.15, 0.2) is 0 Å². The van der Waals surface area contributed by atoms with Gasteiger partial charge in [-0.25, -0.2) is 0 Å². The number of hydrogen-bond acceptors (Lipinski definition) is 2. The Morgan fingerprint density at radius 3 is 1.81 bits per heavy atom. The highest BCUT2D eigenvalue weighted by Gasteiger charge is 2.17. The molecule has 16 heavy (non-hydrogen) atoms. The summed E-state index contributed by atoms with van der Waals surface area (Å²) in [7, 11) is 3.45. The number of alkyl halides is 1. The molecule has 0 aliphatic rings. The van der Waals surface area contributed by atoms with Crippen molar-refractivity contribution in [2.45, 2.75) is 27.2 Å². The molecule has 0 radical (unpaired) electrons. The normalized spacial score (nSPS) is 10.4. The monoisotopic (exact) mass is 286 g/mol. The molecule has 1 rings (SSSR count). The van der Waals surface area contributed by atoms with Crippen molar-refractivity contribution in [1.29, 1.82) is 0 Å². The van der Waals surface area contributed by atoms with Crippen LogP contribution in [0.2, 0.25) is 0 Å². The minimum absolute atomic E-state index is 0.926. The number of halogens is 1. The van der Waals surface area contributed by atoms with Crippen LogP contribution in [0.1, 0.15) is 22.3 Å². The molecule has 0 unspecified atom stereocenters. The average molecular weight is 287 g/mol. The third kappa shape index (κ3) is 2.19. The first-order chi connectivity index (χ1) is 7.58. The van der Waals surface area contributed by atoms with Crippen LogP contribution in [-0.2, 0) is 6.42 Å². The molecule has 0 heterocycles. The maximum atomic E-state index is 5.51. The Labute approximate surface area is 106 Å². The molecular formula is C13H19BrO2. The molecule has 0 saturated carbocycles. The molecule has 0 bridgehead atoms. The third-order valence-corrected chi connectivity index (χ3v) is 3.46. The minimum atomic E-state index is 0.926. The Balaban J connectivity index is 3.50. The van der Waals surface area contributed by atoms with E-state index in [0.29, 0.717) is 0 Å². The Hall–Kier alpha value is -0.700. The first-order valence-corrected chi connectivity index (χ1v) is 6.47. The van der Waals surface area contributed by atoms with Crippen molar-refractivity contribution in [1.82, 2.24) is 0 Å². The molecule has 3 heteroatoms. The molecule has 0 atom stereocenters. The van der Waals surface area contributed by atoms with Gasteiger partial charge >= 0.3 is 0 Å². The Morgan fingerprint density at radius 1 is 0.875 bits per heavy atom. The van der Waals surface area contributed by atoms with E-state index in [4.69, 9.17) is 9.47 Å². The van der Waals surface area contributed by atoms with Gasteiger partial charge in [0.1, 0.15) is 11.5 Å². The van der Waals surface area contributed by atoms with Crippen molar-refractivity contribution >= 4 is 15.9 Å². The summed E-state index contributed by atoms with van der Waals surface area (Å²) in [6.07, 6.45) is 0.951. The molecule has 1 aromatic carbocycles. The van der Waals surface area contributed by atoms with Gasteiger partial charge in [0.2, 0.25) is 0 Å². The SMILES string of the molecule is COc1c(C)c(C)c(OC)c(CCBr)c1C. The Bertz CT molecular complexity index is 386. The van der Waals surface area contributed by atoms with Gasteiger partial charge in [0, 0.05) is 10.9 Å². The van der Waals surface area contributed by atoms with Crippen LogP contribution in [0.3, 0.4) is 0 Å². The number of ether oxygens (including phenoxy) is 2. The molecule has 2 nitrogen and oxygen atoms in total. The van der Waals surface area contributed by atoms with E-state index in [1.807, 2.05) is 0 Å². The van der Waals surface area contributed by atoms with Crippen LogP contribution >= 0.6 is 15.9 Å². The van der Waals surface area contributed by atoms with Crippen LogP contribution in [0.25, 0.3) is 0 Å². The molecule has 90 valence electrons. The molecule has 0 fully saturated rings. The molecule has 0 aliphatic carbocycles. The second kappa shape index (κ2) is 5.58. The highest BCUT2D eigenvalue weighted by Crippen LogP contribution is 2.37.